The topological polar surface area (TPSA) is 74.2 Å². The fourth-order valence-electron chi connectivity index (χ4n) is 2.63. The van der Waals surface area contributed by atoms with Gasteiger partial charge in [0.25, 0.3) is 0 Å². The molecule has 1 N–H and O–H groups in total. The molecule has 24 heavy (non-hydrogen) atoms. The monoisotopic (exact) mass is 348 g/mol. The van der Waals surface area contributed by atoms with E-state index in [-0.39, 0.29) is 0 Å². The van der Waals surface area contributed by atoms with Gasteiger partial charge in [-0.2, -0.15) is 0 Å². The highest BCUT2D eigenvalue weighted by Gasteiger charge is 1.98. The number of carboxylic acid groups (broad SMARTS) is 1. The van der Waals surface area contributed by atoms with E-state index in [0.717, 1.165) is 12.8 Å². The maximum atomic E-state index is 9.90. The smallest absolute Gasteiger partial charge is 0.448 e. The SMILES string of the molecule is CCCCCCCCCCCCCCCCCOOOOC(=O)O. The van der Waals surface area contributed by atoms with Crippen LogP contribution in [-0.4, -0.2) is 17.9 Å². The number of hydrogen-bond acceptors (Lipinski definition) is 5. The molecular weight excluding hydrogens is 312 g/mol. The first-order chi connectivity index (χ1) is 11.8. The summed E-state index contributed by atoms with van der Waals surface area (Å²) in [7, 11) is 0. The molecule has 0 saturated carbocycles. The highest BCUT2D eigenvalue weighted by molar-refractivity contribution is 5.55. The summed E-state index contributed by atoms with van der Waals surface area (Å²) in [4.78, 5) is 18.1. The molecule has 0 amide bonds. The fraction of sp³-hybridized carbons (Fsp3) is 0.944. The molecule has 0 aliphatic heterocycles. The third-order valence-electron chi connectivity index (χ3n) is 4.01. The second kappa shape index (κ2) is 20.2. The standard InChI is InChI=1S/C18H36O6/c1-2-3-4-5-6-7-8-9-10-11-12-13-14-15-16-17-21-23-24-22-18(19)20/h2-17H2,1H3,(H,19,20). The van der Waals surface area contributed by atoms with Crippen molar-refractivity contribution in [2.45, 2.75) is 103 Å². The summed E-state index contributed by atoms with van der Waals surface area (Å²) in [6, 6.07) is 0. The number of hydrogen-bond donors (Lipinski definition) is 1. The van der Waals surface area contributed by atoms with Crippen molar-refractivity contribution < 1.29 is 29.8 Å². The fourth-order valence-corrected chi connectivity index (χ4v) is 2.63. The Morgan fingerprint density at radius 2 is 1.08 bits per heavy atom. The van der Waals surface area contributed by atoms with E-state index >= 15 is 0 Å². The lowest BCUT2D eigenvalue weighted by Gasteiger charge is -2.03. The molecule has 0 bridgehead atoms. The quantitative estimate of drug-likeness (QED) is 0.167. The second-order valence-corrected chi connectivity index (χ2v) is 6.26. The van der Waals surface area contributed by atoms with Crippen LogP contribution in [0.5, 0.6) is 0 Å². The molecule has 0 atom stereocenters. The zero-order valence-corrected chi connectivity index (χ0v) is 15.3. The predicted molar refractivity (Wildman–Crippen MR) is 92.2 cm³/mol. The molecule has 0 fully saturated rings. The Morgan fingerprint density at radius 3 is 1.50 bits per heavy atom. The van der Waals surface area contributed by atoms with Crippen LogP contribution in [0.15, 0.2) is 0 Å². The van der Waals surface area contributed by atoms with Gasteiger partial charge in [-0.3, -0.25) is 0 Å². The van der Waals surface area contributed by atoms with Crippen molar-refractivity contribution >= 4 is 6.16 Å². The lowest BCUT2D eigenvalue weighted by Crippen LogP contribution is -2.04. The van der Waals surface area contributed by atoms with Crippen LogP contribution in [0.1, 0.15) is 103 Å². The molecular formula is C18H36O6. The lowest BCUT2D eigenvalue weighted by atomic mass is 10.0. The third kappa shape index (κ3) is 21.1. The van der Waals surface area contributed by atoms with Crippen molar-refractivity contribution in [3.63, 3.8) is 0 Å². The van der Waals surface area contributed by atoms with Crippen LogP contribution in [0.2, 0.25) is 0 Å². The molecule has 0 saturated heterocycles. The first-order valence-electron chi connectivity index (χ1n) is 9.63. The van der Waals surface area contributed by atoms with Crippen molar-refractivity contribution in [1.29, 1.82) is 0 Å². The molecule has 0 radical (unpaired) electrons. The zero-order valence-electron chi connectivity index (χ0n) is 15.3. The van der Waals surface area contributed by atoms with E-state index in [4.69, 9.17) is 5.11 Å². The first-order valence-corrected chi connectivity index (χ1v) is 9.63. The normalized spacial score (nSPS) is 10.9. The average molecular weight is 348 g/mol. The largest absolute Gasteiger partial charge is 0.540 e. The minimum absolute atomic E-state index is 0.362. The molecule has 0 heterocycles. The lowest BCUT2D eigenvalue weighted by molar-refractivity contribution is -0.618. The summed E-state index contributed by atoms with van der Waals surface area (Å²) in [5.41, 5.74) is 0. The van der Waals surface area contributed by atoms with Crippen molar-refractivity contribution in [3.05, 3.63) is 0 Å². The Balaban J connectivity index is 2.97. The second-order valence-electron chi connectivity index (χ2n) is 6.26. The molecule has 144 valence electrons. The van der Waals surface area contributed by atoms with Gasteiger partial charge in [-0.1, -0.05) is 96.8 Å². The van der Waals surface area contributed by atoms with Crippen LogP contribution in [0.3, 0.4) is 0 Å². The van der Waals surface area contributed by atoms with Gasteiger partial charge in [-0.05, 0) is 11.5 Å². The van der Waals surface area contributed by atoms with Crippen molar-refractivity contribution in [3.8, 4) is 0 Å². The van der Waals surface area contributed by atoms with Gasteiger partial charge in [-0.15, -0.1) is 0 Å². The van der Waals surface area contributed by atoms with E-state index in [1.165, 1.54) is 83.5 Å². The van der Waals surface area contributed by atoms with Crippen LogP contribution in [0.25, 0.3) is 0 Å². The molecule has 0 unspecified atom stereocenters. The number of carbonyl (C=O) groups is 1. The molecule has 0 aliphatic carbocycles. The van der Waals surface area contributed by atoms with Gasteiger partial charge in [0, 0.05) is 5.04 Å². The van der Waals surface area contributed by atoms with Gasteiger partial charge in [0.05, 0.1) is 6.61 Å². The number of unbranched alkanes of at least 4 members (excludes halogenated alkanes) is 14. The summed E-state index contributed by atoms with van der Waals surface area (Å²) in [6.07, 6.45) is 18.0. The summed E-state index contributed by atoms with van der Waals surface area (Å²) in [6.45, 7) is 2.62. The predicted octanol–water partition coefficient (Wildman–Crippen LogP) is 6.35. The van der Waals surface area contributed by atoms with Gasteiger partial charge < -0.3 is 5.11 Å². The first kappa shape index (κ1) is 23.1. The van der Waals surface area contributed by atoms with Crippen molar-refractivity contribution in [2.24, 2.45) is 0 Å². The van der Waals surface area contributed by atoms with Crippen LogP contribution < -0.4 is 0 Å². The molecule has 0 rings (SSSR count). The van der Waals surface area contributed by atoms with Crippen LogP contribution in [-0.2, 0) is 19.9 Å². The summed E-state index contributed by atoms with van der Waals surface area (Å²) >= 11 is 0. The van der Waals surface area contributed by atoms with Gasteiger partial charge in [0.1, 0.15) is 0 Å². The Morgan fingerprint density at radius 1 is 0.667 bits per heavy atom. The molecule has 0 aromatic carbocycles. The van der Waals surface area contributed by atoms with E-state index < -0.39 is 6.16 Å². The Hall–Kier alpha value is -0.850. The molecule has 6 heteroatoms. The molecule has 6 nitrogen and oxygen atoms in total. The van der Waals surface area contributed by atoms with E-state index in [2.05, 4.69) is 26.8 Å². The zero-order chi connectivity index (χ0) is 17.7. The minimum atomic E-state index is -1.58. The van der Waals surface area contributed by atoms with E-state index in [1.54, 1.807) is 0 Å². The maximum absolute atomic E-state index is 9.90. The molecule has 0 aliphatic rings. The minimum Gasteiger partial charge on any atom is -0.448 e. The number of rotatable bonds is 19. The van der Waals surface area contributed by atoms with E-state index in [1.807, 2.05) is 0 Å². The van der Waals surface area contributed by atoms with Gasteiger partial charge in [0.2, 0.25) is 0 Å². The Labute approximate surface area is 146 Å². The van der Waals surface area contributed by atoms with E-state index in [0.29, 0.717) is 6.61 Å². The molecule has 0 aromatic heterocycles. The van der Waals surface area contributed by atoms with Gasteiger partial charge in [0.15, 0.2) is 0 Å². The van der Waals surface area contributed by atoms with Crippen molar-refractivity contribution in [1.82, 2.24) is 0 Å². The molecule has 0 spiro atoms. The van der Waals surface area contributed by atoms with Gasteiger partial charge >= 0.3 is 6.16 Å². The maximum Gasteiger partial charge on any atom is 0.540 e. The highest BCUT2D eigenvalue weighted by atomic mass is 17.7. The summed E-state index contributed by atoms with van der Waals surface area (Å²) in [5, 5.41) is 15.9. The van der Waals surface area contributed by atoms with Crippen LogP contribution in [0, 0.1) is 0 Å². The Bertz CT molecular complexity index is 260. The summed E-state index contributed by atoms with van der Waals surface area (Å²) < 4.78 is 0. The Kier molecular flexibility index (Phi) is 19.5. The van der Waals surface area contributed by atoms with Crippen molar-refractivity contribution in [2.75, 3.05) is 6.61 Å². The van der Waals surface area contributed by atoms with E-state index in [9.17, 15) is 4.79 Å². The van der Waals surface area contributed by atoms with Gasteiger partial charge in [-0.25, -0.2) is 14.6 Å². The van der Waals surface area contributed by atoms with Crippen LogP contribution >= 0.6 is 0 Å². The van der Waals surface area contributed by atoms with Crippen LogP contribution in [0.4, 0.5) is 4.79 Å². The third-order valence-corrected chi connectivity index (χ3v) is 4.01. The summed E-state index contributed by atoms with van der Waals surface area (Å²) in [5.74, 6) is 0. The highest BCUT2D eigenvalue weighted by Crippen LogP contribution is 2.13. The average Bonchev–Trinajstić information content (AvgIpc) is 2.56. The molecule has 0 aromatic rings.